The Morgan fingerprint density at radius 2 is 2.00 bits per heavy atom. The Morgan fingerprint density at radius 3 is 2.74 bits per heavy atom. The van der Waals surface area contributed by atoms with Gasteiger partial charge in [-0.3, -0.25) is 0 Å². The molecule has 0 saturated heterocycles. The van der Waals surface area contributed by atoms with Gasteiger partial charge in [0.15, 0.2) is 10.6 Å². The van der Waals surface area contributed by atoms with Crippen molar-refractivity contribution in [2.24, 2.45) is 0 Å². The fourth-order valence-corrected chi connectivity index (χ4v) is 4.18. The van der Waals surface area contributed by atoms with Gasteiger partial charge in [0.2, 0.25) is 21.9 Å². The van der Waals surface area contributed by atoms with Crippen molar-refractivity contribution in [3.05, 3.63) is 41.3 Å². The summed E-state index contributed by atoms with van der Waals surface area (Å²) in [6, 6.07) is 9.32. The van der Waals surface area contributed by atoms with Gasteiger partial charge in [-0.2, -0.15) is 0 Å². The van der Waals surface area contributed by atoms with Gasteiger partial charge in [0.25, 0.3) is 0 Å². The fraction of sp³-hybridized carbons (Fsp3) is 0.167. The molecule has 1 aromatic carbocycles. The molecule has 0 unspecified atom stereocenters. The van der Waals surface area contributed by atoms with E-state index < -0.39 is 10.0 Å². The Labute approximate surface area is 114 Å². The van der Waals surface area contributed by atoms with Crippen LogP contribution in [0, 0.1) is 0 Å². The molecular weight excluding hydrogens is 286 g/mol. The van der Waals surface area contributed by atoms with E-state index in [0.717, 1.165) is 5.56 Å². The van der Waals surface area contributed by atoms with Crippen LogP contribution >= 0.6 is 11.3 Å². The molecule has 2 heterocycles. The molecule has 1 N–H and O–H groups in total. The lowest BCUT2D eigenvalue weighted by molar-refractivity contribution is 0.102. The van der Waals surface area contributed by atoms with Crippen molar-refractivity contribution in [3.8, 4) is 10.8 Å². The minimum Gasteiger partial charge on any atom is -0.455 e. The van der Waals surface area contributed by atoms with Crippen molar-refractivity contribution in [2.45, 2.75) is 11.4 Å². The predicted octanol–water partition coefficient (Wildman–Crippen LogP) is 1.96. The van der Waals surface area contributed by atoms with Crippen LogP contribution in [0.25, 0.3) is 0 Å². The summed E-state index contributed by atoms with van der Waals surface area (Å²) in [6.45, 7) is 0.295. The van der Waals surface area contributed by atoms with E-state index in [2.05, 4.69) is 4.72 Å². The molecule has 100 valence electrons. The third-order valence-electron chi connectivity index (χ3n) is 2.66. The third kappa shape index (κ3) is 2.44. The number of nitrogens with one attached hydrogen (secondary N) is 1. The third-order valence-corrected chi connectivity index (χ3v) is 5.11. The molecule has 0 radical (unpaired) electrons. The van der Waals surface area contributed by atoms with E-state index >= 15 is 0 Å². The maximum atomic E-state index is 12.2. The van der Waals surface area contributed by atoms with E-state index in [1.807, 2.05) is 30.3 Å². The van der Waals surface area contributed by atoms with Crippen LogP contribution < -0.4 is 14.2 Å². The van der Waals surface area contributed by atoms with Gasteiger partial charge in [0, 0.05) is 11.9 Å². The summed E-state index contributed by atoms with van der Waals surface area (Å²) < 4.78 is 37.3. The Morgan fingerprint density at radius 1 is 1.21 bits per heavy atom. The average molecular weight is 297 g/mol. The maximum absolute atomic E-state index is 12.2. The number of rotatable bonds is 4. The van der Waals surface area contributed by atoms with E-state index in [0.29, 0.717) is 10.8 Å². The molecular formula is C12H11NO4S2. The summed E-state index contributed by atoms with van der Waals surface area (Å²) in [6.07, 6.45) is 0. The SMILES string of the molecule is O=S(=O)(NCc1ccccc1)c1c2csc1OCO2. The molecule has 19 heavy (non-hydrogen) atoms. The second-order valence-electron chi connectivity index (χ2n) is 3.93. The van der Waals surface area contributed by atoms with Crippen molar-refractivity contribution in [2.75, 3.05) is 6.79 Å². The number of hydrogen-bond donors (Lipinski definition) is 1. The zero-order valence-electron chi connectivity index (χ0n) is 9.83. The largest absolute Gasteiger partial charge is 0.455 e. The Hall–Kier alpha value is -1.57. The molecule has 0 amide bonds. The lowest BCUT2D eigenvalue weighted by atomic mass is 10.2. The Balaban J connectivity index is 1.82. The van der Waals surface area contributed by atoms with Crippen molar-refractivity contribution < 1.29 is 17.9 Å². The molecule has 0 atom stereocenters. The van der Waals surface area contributed by atoms with Gasteiger partial charge in [0.05, 0.1) is 0 Å². The summed E-state index contributed by atoms with van der Waals surface area (Å²) >= 11 is 1.22. The minimum absolute atomic E-state index is 0.0614. The van der Waals surface area contributed by atoms with Gasteiger partial charge in [-0.05, 0) is 5.56 Å². The Kier molecular flexibility index (Phi) is 3.17. The second-order valence-corrected chi connectivity index (χ2v) is 6.48. The van der Waals surface area contributed by atoms with Crippen molar-refractivity contribution >= 4 is 21.4 Å². The van der Waals surface area contributed by atoms with Crippen LogP contribution in [0.5, 0.6) is 10.8 Å². The summed E-state index contributed by atoms with van der Waals surface area (Å²) in [4.78, 5) is 0.0969. The molecule has 0 aliphatic carbocycles. The first-order chi connectivity index (χ1) is 9.17. The van der Waals surface area contributed by atoms with Crippen molar-refractivity contribution in [1.82, 2.24) is 4.72 Å². The second kappa shape index (κ2) is 4.84. The van der Waals surface area contributed by atoms with E-state index in [9.17, 15) is 8.42 Å². The van der Waals surface area contributed by atoms with Gasteiger partial charge in [0.1, 0.15) is 0 Å². The highest BCUT2D eigenvalue weighted by Gasteiger charge is 2.30. The molecule has 5 nitrogen and oxygen atoms in total. The normalized spacial score (nSPS) is 13.7. The predicted molar refractivity (Wildman–Crippen MR) is 70.9 cm³/mol. The maximum Gasteiger partial charge on any atom is 0.249 e. The number of thiophene rings is 1. The minimum atomic E-state index is -3.63. The van der Waals surface area contributed by atoms with Crippen LogP contribution in [0.1, 0.15) is 5.56 Å². The van der Waals surface area contributed by atoms with Crippen molar-refractivity contribution in [1.29, 1.82) is 0 Å². The van der Waals surface area contributed by atoms with Gasteiger partial charge in [-0.15, -0.1) is 11.3 Å². The highest BCUT2D eigenvalue weighted by Crippen LogP contribution is 2.42. The van der Waals surface area contributed by atoms with Crippen LogP contribution in [0.15, 0.2) is 40.6 Å². The first-order valence-corrected chi connectivity index (χ1v) is 7.94. The topological polar surface area (TPSA) is 64.6 Å². The molecule has 7 heteroatoms. The monoisotopic (exact) mass is 297 g/mol. The average Bonchev–Trinajstić information content (AvgIpc) is 2.70. The van der Waals surface area contributed by atoms with Gasteiger partial charge in [-0.1, -0.05) is 30.3 Å². The molecule has 1 aromatic heterocycles. The highest BCUT2D eigenvalue weighted by atomic mass is 32.2. The molecule has 0 spiro atoms. The number of fused-ring (bicyclic) bond motifs is 2. The molecule has 2 bridgehead atoms. The zero-order chi connectivity index (χ0) is 13.3. The van der Waals surface area contributed by atoms with Crippen molar-refractivity contribution in [3.63, 3.8) is 0 Å². The van der Waals surface area contributed by atoms with Crippen LogP contribution in [0.4, 0.5) is 0 Å². The van der Waals surface area contributed by atoms with Gasteiger partial charge >= 0.3 is 0 Å². The van der Waals surface area contributed by atoms with Gasteiger partial charge in [-0.25, -0.2) is 13.1 Å². The number of ether oxygens (including phenoxy) is 2. The summed E-state index contributed by atoms with van der Waals surface area (Å²) in [5, 5.41) is 2.01. The Bertz CT molecular complexity index is 658. The summed E-state index contributed by atoms with van der Waals surface area (Å²) in [5.74, 6) is 0.354. The van der Waals surface area contributed by atoms with Gasteiger partial charge < -0.3 is 9.47 Å². The van der Waals surface area contributed by atoms with Crippen LogP contribution in [0.3, 0.4) is 0 Å². The number of hydrogen-bond acceptors (Lipinski definition) is 5. The van der Waals surface area contributed by atoms with Crippen LogP contribution in [-0.2, 0) is 16.6 Å². The first kappa shape index (κ1) is 12.5. The summed E-state index contributed by atoms with van der Waals surface area (Å²) in [7, 11) is -3.63. The highest BCUT2D eigenvalue weighted by molar-refractivity contribution is 7.89. The molecule has 1 aliphatic heterocycles. The molecule has 0 fully saturated rings. The zero-order valence-corrected chi connectivity index (χ0v) is 11.5. The van der Waals surface area contributed by atoms with Crippen LogP contribution in [0.2, 0.25) is 0 Å². The molecule has 1 aliphatic rings. The molecule has 2 aromatic rings. The van der Waals surface area contributed by atoms with E-state index in [1.165, 1.54) is 11.3 Å². The lowest BCUT2D eigenvalue weighted by Gasteiger charge is -2.15. The molecule has 0 saturated carbocycles. The standard InChI is InChI=1S/C12H11NO4S2/c14-19(15,13-6-9-4-2-1-3-5-9)11-10-7-18-12(11)17-8-16-10/h1-5,7,13H,6,8H2. The van der Waals surface area contributed by atoms with E-state index in [-0.39, 0.29) is 18.2 Å². The van der Waals surface area contributed by atoms with E-state index in [4.69, 9.17) is 9.47 Å². The van der Waals surface area contributed by atoms with E-state index in [1.54, 1.807) is 5.38 Å². The number of sulfonamides is 1. The fourth-order valence-electron chi connectivity index (χ4n) is 1.75. The first-order valence-electron chi connectivity index (χ1n) is 5.57. The number of benzene rings is 1. The summed E-state index contributed by atoms with van der Waals surface area (Å²) in [5.41, 5.74) is 0.892. The smallest absolute Gasteiger partial charge is 0.249 e. The van der Waals surface area contributed by atoms with Crippen LogP contribution in [-0.4, -0.2) is 15.2 Å². The lowest BCUT2D eigenvalue weighted by Crippen LogP contribution is -2.25. The molecule has 3 rings (SSSR count). The quantitative estimate of drug-likeness (QED) is 0.937.